The van der Waals surface area contributed by atoms with Crippen LogP contribution in [0.5, 0.6) is 0 Å². The van der Waals surface area contributed by atoms with Crippen molar-refractivity contribution in [3.8, 4) is 0 Å². The first-order valence-electron chi connectivity index (χ1n) is 7.46. The molecular formula is C14H18N2O8-4. The van der Waals surface area contributed by atoms with Crippen molar-refractivity contribution in [2.75, 3.05) is 26.2 Å². The number of hydrogen-bond acceptors (Lipinski definition) is 10. The summed E-state index contributed by atoms with van der Waals surface area (Å²) in [5.41, 5.74) is 0. The van der Waals surface area contributed by atoms with Gasteiger partial charge in [0, 0.05) is 38.3 Å². The Morgan fingerprint density at radius 3 is 0.958 bits per heavy atom. The van der Waals surface area contributed by atoms with Crippen LogP contribution in [-0.4, -0.2) is 71.9 Å². The molecule has 0 heterocycles. The van der Waals surface area contributed by atoms with Crippen LogP contribution < -0.4 is 20.4 Å². The maximum atomic E-state index is 10.7. The van der Waals surface area contributed by atoms with E-state index in [4.69, 9.17) is 0 Å². The van der Waals surface area contributed by atoms with Crippen LogP contribution in [-0.2, 0) is 19.2 Å². The molecule has 0 spiro atoms. The normalized spacial score (nSPS) is 20.9. The van der Waals surface area contributed by atoms with E-state index in [0.29, 0.717) is 25.7 Å². The van der Waals surface area contributed by atoms with Crippen molar-refractivity contribution in [1.82, 2.24) is 9.80 Å². The summed E-state index contributed by atoms with van der Waals surface area (Å²) in [7, 11) is 0. The lowest BCUT2D eigenvalue weighted by Gasteiger charge is -2.41. The second-order valence-electron chi connectivity index (χ2n) is 5.76. The highest BCUT2D eigenvalue weighted by atomic mass is 16.4. The van der Waals surface area contributed by atoms with Gasteiger partial charge in [-0.3, -0.25) is 9.80 Å². The first-order chi connectivity index (χ1) is 11.2. The molecule has 0 unspecified atom stereocenters. The monoisotopic (exact) mass is 342 g/mol. The molecule has 1 saturated carbocycles. The predicted molar refractivity (Wildman–Crippen MR) is 69.2 cm³/mol. The van der Waals surface area contributed by atoms with Crippen molar-refractivity contribution in [1.29, 1.82) is 0 Å². The highest BCUT2D eigenvalue weighted by Gasteiger charge is 2.29. The van der Waals surface area contributed by atoms with E-state index in [9.17, 15) is 39.6 Å². The molecular weight excluding hydrogens is 324 g/mol. The lowest BCUT2D eigenvalue weighted by molar-refractivity contribution is -0.314. The van der Waals surface area contributed by atoms with Gasteiger partial charge in [-0.1, -0.05) is 0 Å². The van der Waals surface area contributed by atoms with Crippen LogP contribution in [0.25, 0.3) is 0 Å². The molecule has 0 N–H and O–H groups in total. The SMILES string of the molecule is O=C([O-])CN(CC(=O)[O-])C1CCC(N(CC(=O)[O-])CC(=O)[O-])CC1. The van der Waals surface area contributed by atoms with E-state index < -0.39 is 50.1 Å². The van der Waals surface area contributed by atoms with Gasteiger partial charge in [0.2, 0.25) is 0 Å². The van der Waals surface area contributed by atoms with E-state index in [2.05, 4.69) is 0 Å². The Morgan fingerprint density at radius 1 is 0.583 bits per heavy atom. The molecule has 1 rings (SSSR count). The van der Waals surface area contributed by atoms with E-state index in [1.165, 1.54) is 9.80 Å². The lowest BCUT2D eigenvalue weighted by atomic mass is 9.89. The molecule has 0 aliphatic heterocycles. The summed E-state index contributed by atoms with van der Waals surface area (Å²) < 4.78 is 0. The first kappa shape index (κ1) is 19.8. The summed E-state index contributed by atoms with van der Waals surface area (Å²) in [4.78, 5) is 45.4. The summed E-state index contributed by atoms with van der Waals surface area (Å²) in [6, 6.07) is -0.686. The Labute approximate surface area is 138 Å². The van der Waals surface area contributed by atoms with Gasteiger partial charge in [-0.15, -0.1) is 0 Å². The van der Waals surface area contributed by atoms with Gasteiger partial charge in [0.1, 0.15) is 0 Å². The summed E-state index contributed by atoms with van der Waals surface area (Å²) in [6.07, 6.45) is 1.56. The summed E-state index contributed by atoms with van der Waals surface area (Å²) >= 11 is 0. The number of carboxylic acid groups (broad SMARTS) is 4. The van der Waals surface area contributed by atoms with Gasteiger partial charge in [-0.2, -0.15) is 0 Å². The van der Waals surface area contributed by atoms with Crippen LogP contribution in [0, 0.1) is 0 Å². The molecule has 0 radical (unpaired) electrons. The highest BCUT2D eigenvalue weighted by Crippen LogP contribution is 2.26. The molecule has 0 amide bonds. The van der Waals surface area contributed by atoms with Crippen molar-refractivity contribution < 1.29 is 39.6 Å². The van der Waals surface area contributed by atoms with Crippen molar-refractivity contribution in [3.05, 3.63) is 0 Å². The summed E-state index contributed by atoms with van der Waals surface area (Å²) in [5, 5.41) is 42.9. The van der Waals surface area contributed by atoms with E-state index >= 15 is 0 Å². The Balaban J connectivity index is 2.66. The average molecular weight is 342 g/mol. The summed E-state index contributed by atoms with van der Waals surface area (Å²) in [5.74, 6) is -5.63. The molecule has 0 bridgehead atoms. The molecule has 1 aliphatic rings. The molecule has 136 valence electrons. The molecule has 1 fully saturated rings. The minimum Gasteiger partial charge on any atom is -0.549 e. The van der Waals surface area contributed by atoms with Gasteiger partial charge < -0.3 is 39.6 Å². The fourth-order valence-electron chi connectivity index (χ4n) is 3.08. The Bertz CT molecular complexity index is 411. The Kier molecular flexibility index (Phi) is 7.59. The molecule has 10 nitrogen and oxygen atoms in total. The molecule has 1 aliphatic carbocycles. The molecule has 0 saturated heterocycles. The number of carbonyl (C=O) groups excluding carboxylic acids is 4. The van der Waals surface area contributed by atoms with Crippen LogP contribution in [0.2, 0.25) is 0 Å². The van der Waals surface area contributed by atoms with Gasteiger partial charge >= 0.3 is 0 Å². The van der Waals surface area contributed by atoms with Crippen LogP contribution in [0.15, 0.2) is 0 Å². The number of aliphatic carboxylic acids is 4. The van der Waals surface area contributed by atoms with Crippen LogP contribution in [0.3, 0.4) is 0 Å². The average Bonchev–Trinajstić information content (AvgIpc) is 2.44. The number of hydrogen-bond donors (Lipinski definition) is 0. The van der Waals surface area contributed by atoms with Crippen molar-refractivity contribution in [2.24, 2.45) is 0 Å². The quantitative estimate of drug-likeness (QED) is 0.372. The topological polar surface area (TPSA) is 167 Å². The minimum absolute atomic E-state index is 0.343. The third kappa shape index (κ3) is 6.92. The maximum absolute atomic E-state index is 10.7. The zero-order valence-electron chi connectivity index (χ0n) is 13.0. The lowest BCUT2D eigenvalue weighted by Crippen LogP contribution is -2.53. The Hall–Kier alpha value is -2.20. The van der Waals surface area contributed by atoms with E-state index in [0.717, 1.165) is 0 Å². The number of carboxylic acids is 4. The van der Waals surface area contributed by atoms with E-state index in [-0.39, 0.29) is 12.1 Å². The zero-order valence-corrected chi connectivity index (χ0v) is 13.0. The molecule has 0 aromatic carbocycles. The van der Waals surface area contributed by atoms with Crippen LogP contribution >= 0.6 is 0 Å². The van der Waals surface area contributed by atoms with Gasteiger partial charge in [0.05, 0.1) is 23.9 Å². The molecule has 24 heavy (non-hydrogen) atoms. The van der Waals surface area contributed by atoms with Crippen molar-refractivity contribution in [3.63, 3.8) is 0 Å². The second-order valence-corrected chi connectivity index (χ2v) is 5.76. The number of rotatable bonds is 10. The maximum Gasteiger partial charge on any atom is 0.0555 e. The van der Waals surface area contributed by atoms with Gasteiger partial charge in [-0.25, -0.2) is 0 Å². The Morgan fingerprint density at radius 2 is 0.792 bits per heavy atom. The zero-order chi connectivity index (χ0) is 18.3. The summed E-state index contributed by atoms with van der Waals surface area (Å²) in [6.45, 7) is -2.20. The van der Waals surface area contributed by atoms with Gasteiger partial charge in [0.15, 0.2) is 0 Å². The van der Waals surface area contributed by atoms with E-state index in [1.807, 2.05) is 0 Å². The smallest absolute Gasteiger partial charge is 0.0555 e. The van der Waals surface area contributed by atoms with Crippen LogP contribution in [0.4, 0.5) is 0 Å². The van der Waals surface area contributed by atoms with Gasteiger partial charge in [-0.05, 0) is 25.7 Å². The fourth-order valence-corrected chi connectivity index (χ4v) is 3.08. The molecule has 10 heteroatoms. The van der Waals surface area contributed by atoms with Crippen molar-refractivity contribution >= 4 is 23.9 Å². The third-order valence-electron chi connectivity index (χ3n) is 4.03. The highest BCUT2D eigenvalue weighted by molar-refractivity contribution is 5.71. The predicted octanol–water partition coefficient (Wildman–Crippen LogP) is -6.10. The van der Waals surface area contributed by atoms with Crippen LogP contribution in [0.1, 0.15) is 25.7 Å². The number of carbonyl (C=O) groups is 4. The second kappa shape index (κ2) is 9.18. The van der Waals surface area contributed by atoms with E-state index in [1.54, 1.807) is 0 Å². The molecule has 0 aromatic heterocycles. The number of nitrogens with zero attached hydrogens (tertiary/aromatic N) is 2. The largest absolute Gasteiger partial charge is 0.549 e. The fraction of sp³-hybridized carbons (Fsp3) is 0.714. The third-order valence-corrected chi connectivity index (χ3v) is 4.03. The minimum atomic E-state index is -1.41. The van der Waals surface area contributed by atoms with Gasteiger partial charge in [0.25, 0.3) is 0 Å². The molecule has 0 atom stereocenters. The van der Waals surface area contributed by atoms with Crippen molar-refractivity contribution in [2.45, 2.75) is 37.8 Å². The first-order valence-corrected chi connectivity index (χ1v) is 7.46. The molecule has 0 aromatic rings. The standard InChI is InChI=1S/C14H22N2O8/c17-11(18)5-15(6-12(19)20)9-1-2-10(4-3-9)16(7-13(21)22)8-14(23)24/h9-10H,1-8H2,(H,17,18)(H,19,20)(H,21,22)(H,23,24)/p-4.